The van der Waals surface area contributed by atoms with E-state index < -0.39 is 0 Å². The molecule has 0 spiro atoms. The second kappa shape index (κ2) is 8.73. The van der Waals surface area contributed by atoms with Crippen LogP contribution in [-0.4, -0.2) is 20.7 Å². The molecule has 6 nitrogen and oxygen atoms in total. The third-order valence-electron chi connectivity index (χ3n) is 5.18. The van der Waals surface area contributed by atoms with Crippen LogP contribution in [0.2, 0.25) is 0 Å². The number of nitrogens with zero attached hydrogens (tertiary/aromatic N) is 3. The van der Waals surface area contributed by atoms with Gasteiger partial charge in [-0.2, -0.15) is 5.10 Å². The molecule has 1 amide bonds. The molecule has 0 saturated carbocycles. The van der Waals surface area contributed by atoms with Crippen molar-refractivity contribution in [2.45, 2.75) is 6.54 Å². The molecule has 0 atom stereocenters. The van der Waals surface area contributed by atoms with E-state index in [4.69, 9.17) is 4.42 Å². The van der Waals surface area contributed by atoms with Gasteiger partial charge in [-0.1, -0.05) is 54.6 Å². The van der Waals surface area contributed by atoms with Gasteiger partial charge in [-0.15, -0.1) is 0 Å². The predicted molar refractivity (Wildman–Crippen MR) is 123 cm³/mol. The van der Waals surface area contributed by atoms with Gasteiger partial charge < -0.3 is 9.73 Å². The van der Waals surface area contributed by atoms with Gasteiger partial charge in [-0.05, 0) is 41.0 Å². The minimum Gasteiger partial charge on any atom is -0.444 e. The Morgan fingerprint density at radius 2 is 1.81 bits per heavy atom. The molecule has 0 fully saturated rings. The quantitative estimate of drug-likeness (QED) is 0.393. The average Bonchev–Trinajstić information content (AvgIpc) is 3.55. The summed E-state index contributed by atoms with van der Waals surface area (Å²) in [6.07, 6.45) is 6.73. The highest BCUT2D eigenvalue weighted by Gasteiger charge is 2.13. The Labute approximate surface area is 185 Å². The molecule has 5 aromatic rings. The lowest BCUT2D eigenvalue weighted by Crippen LogP contribution is -2.13. The maximum Gasteiger partial charge on any atom is 0.256 e. The van der Waals surface area contributed by atoms with Crippen LogP contribution in [0.5, 0.6) is 0 Å². The molecule has 3 aromatic carbocycles. The molecule has 0 unspecified atom stereocenters. The van der Waals surface area contributed by atoms with Crippen molar-refractivity contribution in [3.63, 3.8) is 0 Å². The first kappa shape index (κ1) is 19.5. The molecule has 5 rings (SSSR count). The molecule has 0 aliphatic rings. The number of oxazole rings is 1. The minimum atomic E-state index is -0.170. The number of aromatic nitrogens is 3. The summed E-state index contributed by atoms with van der Waals surface area (Å²) in [7, 11) is 0. The highest BCUT2D eigenvalue weighted by atomic mass is 16.3. The van der Waals surface area contributed by atoms with Crippen LogP contribution < -0.4 is 5.32 Å². The van der Waals surface area contributed by atoms with Gasteiger partial charge in [0.25, 0.3) is 5.91 Å². The lowest BCUT2D eigenvalue weighted by molar-refractivity contribution is 0.102. The number of hydrogen-bond donors (Lipinski definition) is 1. The Morgan fingerprint density at radius 1 is 0.938 bits per heavy atom. The van der Waals surface area contributed by atoms with E-state index in [9.17, 15) is 4.79 Å². The van der Waals surface area contributed by atoms with Crippen molar-refractivity contribution in [2.24, 2.45) is 0 Å². The summed E-state index contributed by atoms with van der Waals surface area (Å²) in [6, 6.07) is 25.2. The third-order valence-corrected chi connectivity index (χ3v) is 5.18. The van der Waals surface area contributed by atoms with Crippen molar-refractivity contribution < 1.29 is 9.21 Å². The van der Waals surface area contributed by atoms with E-state index in [2.05, 4.69) is 27.5 Å². The first-order valence-electron chi connectivity index (χ1n) is 10.2. The summed E-state index contributed by atoms with van der Waals surface area (Å²) < 4.78 is 7.23. The first-order chi connectivity index (χ1) is 15.8. The Balaban J connectivity index is 1.37. The summed E-state index contributed by atoms with van der Waals surface area (Å²) in [5.41, 5.74) is 5.15. The van der Waals surface area contributed by atoms with Crippen LogP contribution in [0.25, 0.3) is 22.5 Å². The topological polar surface area (TPSA) is 73.0 Å². The van der Waals surface area contributed by atoms with Crippen molar-refractivity contribution in [1.82, 2.24) is 14.8 Å². The van der Waals surface area contributed by atoms with Gasteiger partial charge in [0.2, 0.25) is 0 Å². The van der Waals surface area contributed by atoms with Gasteiger partial charge in [0, 0.05) is 29.2 Å². The maximum absolute atomic E-state index is 13.1. The maximum atomic E-state index is 13.1. The first-order valence-corrected chi connectivity index (χ1v) is 10.2. The fraction of sp³-hybridized carbons (Fsp3) is 0.0385. The molecule has 0 aliphatic carbocycles. The van der Waals surface area contributed by atoms with Crippen LogP contribution in [-0.2, 0) is 6.54 Å². The zero-order valence-electron chi connectivity index (χ0n) is 17.2. The molecule has 2 heterocycles. The molecular weight excluding hydrogens is 400 g/mol. The van der Waals surface area contributed by atoms with Crippen LogP contribution in [0.1, 0.15) is 15.9 Å². The number of amides is 1. The average molecular weight is 420 g/mol. The van der Waals surface area contributed by atoms with Crippen LogP contribution >= 0.6 is 0 Å². The Kier molecular flexibility index (Phi) is 5.32. The van der Waals surface area contributed by atoms with Gasteiger partial charge >= 0.3 is 0 Å². The largest absolute Gasteiger partial charge is 0.444 e. The summed E-state index contributed by atoms with van der Waals surface area (Å²) in [4.78, 5) is 17.1. The predicted octanol–water partition coefficient (Wildman–Crippen LogP) is 5.51. The van der Waals surface area contributed by atoms with Crippen molar-refractivity contribution in [2.75, 3.05) is 5.32 Å². The Bertz CT molecular complexity index is 1320. The number of hydrogen-bond acceptors (Lipinski definition) is 4. The van der Waals surface area contributed by atoms with E-state index in [0.29, 0.717) is 23.6 Å². The van der Waals surface area contributed by atoms with E-state index in [0.717, 1.165) is 22.3 Å². The summed E-state index contributed by atoms with van der Waals surface area (Å²) in [5.74, 6) is 0.479. The highest BCUT2D eigenvalue weighted by Crippen LogP contribution is 2.26. The zero-order valence-corrected chi connectivity index (χ0v) is 17.2. The number of carbonyl (C=O) groups excluding carboxylic acids is 1. The van der Waals surface area contributed by atoms with Crippen LogP contribution in [0.15, 0.2) is 108 Å². The minimum absolute atomic E-state index is 0.170. The molecule has 156 valence electrons. The normalized spacial score (nSPS) is 10.8. The number of anilines is 1. The Morgan fingerprint density at radius 3 is 2.59 bits per heavy atom. The van der Waals surface area contributed by atoms with E-state index in [1.54, 1.807) is 12.4 Å². The summed E-state index contributed by atoms with van der Waals surface area (Å²) in [5, 5.41) is 7.25. The van der Waals surface area contributed by atoms with Gasteiger partial charge in [-0.3, -0.25) is 9.48 Å². The fourth-order valence-corrected chi connectivity index (χ4v) is 3.61. The summed E-state index contributed by atoms with van der Waals surface area (Å²) >= 11 is 0. The van der Waals surface area contributed by atoms with Gasteiger partial charge in [0.1, 0.15) is 0 Å². The van der Waals surface area contributed by atoms with Gasteiger partial charge in [-0.25, -0.2) is 4.98 Å². The fourth-order valence-electron chi connectivity index (χ4n) is 3.61. The smallest absolute Gasteiger partial charge is 0.256 e. The molecule has 6 heteroatoms. The Hall–Kier alpha value is -4.45. The van der Waals surface area contributed by atoms with Crippen LogP contribution in [0.3, 0.4) is 0 Å². The lowest BCUT2D eigenvalue weighted by Gasteiger charge is -2.12. The number of benzene rings is 3. The van der Waals surface area contributed by atoms with Crippen LogP contribution in [0, 0.1) is 0 Å². The van der Waals surface area contributed by atoms with Gasteiger partial charge in [0.15, 0.2) is 12.2 Å². The molecule has 0 radical (unpaired) electrons. The van der Waals surface area contributed by atoms with E-state index >= 15 is 0 Å². The standard InChI is InChI=1S/C26H20N4O2/c31-26(29-22-6-3-5-21(15-22)25-16-27-18-32-25)24-8-2-1-7-23(24)20-11-9-19(10-12-20)17-30-14-4-13-28-30/h1-16,18H,17H2,(H,29,31). The third kappa shape index (κ3) is 4.20. The molecule has 0 bridgehead atoms. The molecule has 32 heavy (non-hydrogen) atoms. The monoisotopic (exact) mass is 420 g/mol. The summed E-state index contributed by atoms with van der Waals surface area (Å²) in [6.45, 7) is 0.705. The van der Waals surface area contributed by atoms with Crippen molar-refractivity contribution in [3.05, 3.63) is 115 Å². The van der Waals surface area contributed by atoms with E-state index in [1.165, 1.54) is 6.39 Å². The molecule has 0 saturated heterocycles. The molecular formula is C26H20N4O2. The molecule has 0 aliphatic heterocycles. The second-order valence-corrected chi connectivity index (χ2v) is 7.35. The van der Waals surface area contributed by atoms with Crippen molar-refractivity contribution in [3.8, 4) is 22.5 Å². The van der Waals surface area contributed by atoms with Crippen molar-refractivity contribution >= 4 is 11.6 Å². The second-order valence-electron chi connectivity index (χ2n) is 7.35. The van der Waals surface area contributed by atoms with E-state index in [-0.39, 0.29) is 5.91 Å². The van der Waals surface area contributed by atoms with E-state index in [1.807, 2.05) is 77.6 Å². The van der Waals surface area contributed by atoms with Crippen LogP contribution in [0.4, 0.5) is 5.69 Å². The lowest BCUT2D eigenvalue weighted by atomic mass is 9.98. The number of carbonyl (C=O) groups is 1. The number of nitrogens with one attached hydrogen (secondary N) is 1. The van der Waals surface area contributed by atoms with Crippen molar-refractivity contribution in [1.29, 1.82) is 0 Å². The molecule has 2 aromatic heterocycles. The van der Waals surface area contributed by atoms with Gasteiger partial charge in [0.05, 0.1) is 12.7 Å². The molecule has 1 N–H and O–H groups in total. The highest BCUT2D eigenvalue weighted by molar-refractivity contribution is 6.08. The zero-order chi connectivity index (χ0) is 21.8. The SMILES string of the molecule is O=C(Nc1cccc(-c2cnco2)c1)c1ccccc1-c1ccc(Cn2cccn2)cc1. The number of rotatable bonds is 6.